The van der Waals surface area contributed by atoms with Crippen molar-refractivity contribution in [2.45, 2.75) is 18.9 Å². The van der Waals surface area contributed by atoms with Crippen LogP contribution in [0.1, 0.15) is 12.8 Å². The minimum atomic E-state index is -0.828. The highest BCUT2D eigenvalue weighted by molar-refractivity contribution is 5.95. The average Bonchev–Trinajstić information content (AvgIpc) is 2.35. The summed E-state index contributed by atoms with van der Waals surface area (Å²) in [7, 11) is 0. The number of imide groups is 1. The normalized spacial score (nSPS) is 23.1. The summed E-state index contributed by atoms with van der Waals surface area (Å²) in [6.07, 6.45) is 1.04. The van der Waals surface area contributed by atoms with Gasteiger partial charge in [-0.2, -0.15) is 0 Å². The highest BCUT2D eigenvalue weighted by Gasteiger charge is 2.23. The van der Waals surface area contributed by atoms with Crippen molar-refractivity contribution in [2.75, 3.05) is 6.61 Å². The average molecular weight is 158 g/mol. The topological polar surface area (TPSA) is 81.4 Å². The number of rotatable bonds is 1. The summed E-state index contributed by atoms with van der Waals surface area (Å²) < 4.78 is 5.00. The molecule has 1 atom stereocenters. The minimum absolute atomic E-state index is 0.435. The van der Waals surface area contributed by atoms with E-state index in [1.54, 1.807) is 0 Å². The van der Waals surface area contributed by atoms with Crippen LogP contribution in [0.15, 0.2) is 0 Å². The number of hydrogen-bond acceptors (Lipinski definition) is 3. The van der Waals surface area contributed by atoms with E-state index in [2.05, 4.69) is 0 Å². The number of carbonyl (C=O) groups excluding carboxylic acids is 2. The Kier molecular flexibility index (Phi) is 2.43. The van der Waals surface area contributed by atoms with Crippen molar-refractivity contribution < 1.29 is 14.3 Å². The van der Waals surface area contributed by atoms with Gasteiger partial charge >= 0.3 is 6.03 Å². The molecule has 1 aliphatic heterocycles. The maximum absolute atomic E-state index is 10.9. The number of nitrogens with two attached hydrogens (primary N) is 1. The van der Waals surface area contributed by atoms with Crippen LogP contribution in [0.4, 0.5) is 4.79 Å². The predicted molar refractivity (Wildman–Crippen MR) is 36.7 cm³/mol. The molecule has 5 heteroatoms. The number of primary amides is 1. The fraction of sp³-hybridized carbons (Fsp3) is 0.667. The van der Waals surface area contributed by atoms with Gasteiger partial charge in [0.15, 0.2) is 0 Å². The van der Waals surface area contributed by atoms with Crippen molar-refractivity contribution in [3.63, 3.8) is 0 Å². The zero-order valence-electron chi connectivity index (χ0n) is 6.00. The molecule has 11 heavy (non-hydrogen) atoms. The molecule has 1 fully saturated rings. The van der Waals surface area contributed by atoms with E-state index in [1.165, 1.54) is 0 Å². The SMILES string of the molecule is NC(=O)NC(=O)C1CCCO1. The smallest absolute Gasteiger partial charge is 0.318 e. The Labute approximate surface area is 63.9 Å². The van der Waals surface area contributed by atoms with Crippen LogP contribution >= 0.6 is 0 Å². The lowest BCUT2D eigenvalue weighted by atomic mass is 10.2. The van der Waals surface area contributed by atoms with Crippen molar-refractivity contribution in [3.8, 4) is 0 Å². The van der Waals surface area contributed by atoms with Gasteiger partial charge in [-0.05, 0) is 12.8 Å². The summed E-state index contributed by atoms with van der Waals surface area (Å²) in [5.41, 5.74) is 4.73. The molecule has 0 aliphatic carbocycles. The Balaban J connectivity index is 2.34. The summed E-state index contributed by atoms with van der Waals surface area (Å²) in [6.45, 7) is 0.580. The first-order valence-corrected chi connectivity index (χ1v) is 3.42. The molecule has 0 radical (unpaired) electrons. The number of hydrogen-bond donors (Lipinski definition) is 2. The van der Waals surface area contributed by atoms with Crippen molar-refractivity contribution in [1.82, 2.24) is 5.32 Å². The Morgan fingerprint density at radius 3 is 2.73 bits per heavy atom. The molecule has 0 aromatic rings. The maximum atomic E-state index is 10.9. The molecule has 1 heterocycles. The molecule has 1 saturated heterocycles. The Morgan fingerprint density at radius 1 is 1.55 bits per heavy atom. The Bertz CT molecular complexity index is 175. The molecule has 5 nitrogen and oxygen atoms in total. The van der Waals surface area contributed by atoms with Gasteiger partial charge in [-0.25, -0.2) is 4.79 Å². The van der Waals surface area contributed by atoms with E-state index in [9.17, 15) is 9.59 Å². The minimum Gasteiger partial charge on any atom is -0.368 e. The molecule has 0 aromatic carbocycles. The van der Waals surface area contributed by atoms with Crippen molar-refractivity contribution >= 4 is 11.9 Å². The van der Waals surface area contributed by atoms with E-state index >= 15 is 0 Å². The van der Waals surface area contributed by atoms with Crippen molar-refractivity contribution in [3.05, 3.63) is 0 Å². The standard InChI is InChI=1S/C6H10N2O3/c7-6(10)8-5(9)4-2-1-3-11-4/h4H,1-3H2,(H3,7,8,9,10). The lowest BCUT2D eigenvalue weighted by Crippen LogP contribution is -2.41. The lowest BCUT2D eigenvalue weighted by Gasteiger charge is -2.06. The van der Waals surface area contributed by atoms with E-state index in [-0.39, 0.29) is 0 Å². The van der Waals surface area contributed by atoms with Gasteiger partial charge in [0.1, 0.15) is 6.10 Å². The molecule has 1 unspecified atom stereocenters. The molecule has 0 aromatic heterocycles. The molecule has 1 rings (SSSR count). The lowest BCUT2D eigenvalue weighted by molar-refractivity contribution is -0.128. The maximum Gasteiger partial charge on any atom is 0.318 e. The number of ether oxygens (including phenoxy) is 1. The van der Waals surface area contributed by atoms with Crippen molar-refractivity contribution in [1.29, 1.82) is 0 Å². The monoisotopic (exact) mass is 158 g/mol. The summed E-state index contributed by atoms with van der Waals surface area (Å²) in [6, 6.07) is -0.828. The van der Waals surface area contributed by atoms with Crippen LogP contribution in [0, 0.1) is 0 Å². The number of carbonyl (C=O) groups is 2. The molecule has 3 amide bonds. The second-order valence-corrected chi connectivity index (χ2v) is 2.36. The zero-order chi connectivity index (χ0) is 8.27. The largest absolute Gasteiger partial charge is 0.368 e. The van der Waals surface area contributed by atoms with E-state index in [1.807, 2.05) is 5.32 Å². The first kappa shape index (κ1) is 8.00. The van der Waals surface area contributed by atoms with Gasteiger partial charge in [-0.3, -0.25) is 10.1 Å². The van der Waals surface area contributed by atoms with E-state index < -0.39 is 18.0 Å². The van der Waals surface area contributed by atoms with Crippen LogP contribution in [0.3, 0.4) is 0 Å². The van der Waals surface area contributed by atoms with Gasteiger partial charge in [0.25, 0.3) is 5.91 Å². The van der Waals surface area contributed by atoms with Crippen molar-refractivity contribution in [2.24, 2.45) is 5.73 Å². The van der Waals surface area contributed by atoms with Crippen LogP contribution in [0.25, 0.3) is 0 Å². The number of amides is 3. The second-order valence-electron chi connectivity index (χ2n) is 2.36. The van der Waals surface area contributed by atoms with Crippen LogP contribution in [0.5, 0.6) is 0 Å². The van der Waals surface area contributed by atoms with Gasteiger partial charge in [0, 0.05) is 6.61 Å². The third-order valence-corrected chi connectivity index (χ3v) is 1.47. The van der Waals surface area contributed by atoms with Gasteiger partial charge in [-0.1, -0.05) is 0 Å². The van der Waals surface area contributed by atoms with E-state index in [0.29, 0.717) is 13.0 Å². The van der Waals surface area contributed by atoms with Crippen LogP contribution in [-0.4, -0.2) is 24.6 Å². The van der Waals surface area contributed by atoms with Gasteiger partial charge in [-0.15, -0.1) is 0 Å². The van der Waals surface area contributed by atoms with E-state index in [0.717, 1.165) is 6.42 Å². The highest BCUT2D eigenvalue weighted by Crippen LogP contribution is 2.11. The molecular formula is C6H10N2O3. The molecule has 3 N–H and O–H groups in total. The van der Waals surface area contributed by atoms with Gasteiger partial charge < -0.3 is 10.5 Å². The van der Waals surface area contributed by atoms with Gasteiger partial charge in [0.2, 0.25) is 0 Å². The Hall–Kier alpha value is -1.10. The zero-order valence-corrected chi connectivity index (χ0v) is 6.00. The second kappa shape index (κ2) is 3.34. The number of nitrogens with one attached hydrogen (secondary N) is 1. The molecule has 0 saturated carbocycles. The quantitative estimate of drug-likeness (QED) is 0.532. The predicted octanol–water partition coefficient (Wildman–Crippen LogP) is -0.640. The van der Waals surface area contributed by atoms with Crippen LogP contribution in [-0.2, 0) is 9.53 Å². The molecule has 1 aliphatic rings. The van der Waals surface area contributed by atoms with Crippen LogP contribution < -0.4 is 11.1 Å². The summed E-state index contributed by atoms with van der Waals surface area (Å²) >= 11 is 0. The first-order valence-electron chi connectivity index (χ1n) is 3.42. The fourth-order valence-corrected chi connectivity index (χ4v) is 0.986. The summed E-state index contributed by atoms with van der Waals surface area (Å²) in [4.78, 5) is 21.1. The fourth-order valence-electron chi connectivity index (χ4n) is 0.986. The first-order chi connectivity index (χ1) is 5.20. The molecule has 0 bridgehead atoms. The third-order valence-electron chi connectivity index (χ3n) is 1.47. The third kappa shape index (κ3) is 2.19. The van der Waals surface area contributed by atoms with E-state index in [4.69, 9.17) is 10.5 Å². The molecule has 0 spiro atoms. The Morgan fingerprint density at radius 2 is 2.27 bits per heavy atom. The summed E-state index contributed by atoms with van der Waals surface area (Å²) in [5.74, 6) is -0.435. The van der Waals surface area contributed by atoms with Crippen LogP contribution in [0.2, 0.25) is 0 Å². The molecular weight excluding hydrogens is 148 g/mol. The van der Waals surface area contributed by atoms with Gasteiger partial charge in [0.05, 0.1) is 0 Å². The number of urea groups is 1. The summed E-state index contributed by atoms with van der Waals surface area (Å²) in [5, 5.41) is 1.96. The molecule has 62 valence electrons. The highest BCUT2D eigenvalue weighted by atomic mass is 16.5.